The summed E-state index contributed by atoms with van der Waals surface area (Å²) in [6, 6.07) is 6.05. The van der Waals surface area contributed by atoms with E-state index in [2.05, 4.69) is 19.8 Å². The van der Waals surface area contributed by atoms with E-state index in [1.165, 1.54) is 0 Å². The van der Waals surface area contributed by atoms with Crippen molar-refractivity contribution in [2.75, 3.05) is 47.5 Å². The molecule has 1 aromatic carbocycles. The zero-order chi connectivity index (χ0) is 19.2. The largest absolute Gasteiger partial charge is 0.493 e. The number of methoxy groups -OCH3 is 3. The molecule has 0 N–H and O–H groups in total. The molecule has 0 saturated carbocycles. The zero-order valence-corrected chi connectivity index (χ0v) is 16.6. The van der Waals surface area contributed by atoms with Gasteiger partial charge in [0.1, 0.15) is 5.82 Å². The van der Waals surface area contributed by atoms with E-state index in [9.17, 15) is 0 Å². The summed E-state index contributed by atoms with van der Waals surface area (Å²) in [5.74, 6) is 2.86. The van der Waals surface area contributed by atoms with E-state index < -0.39 is 0 Å². The molecule has 0 bridgehead atoms. The second kappa shape index (κ2) is 9.01. The minimum Gasteiger partial charge on any atom is -0.493 e. The Bertz CT molecular complexity index is 736. The number of aromatic nitrogens is 2. The first-order valence-corrected chi connectivity index (χ1v) is 9.15. The minimum atomic E-state index is 0.633. The molecule has 27 heavy (non-hydrogen) atoms. The van der Waals surface area contributed by atoms with Crippen molar-refractivity contribution < 1.29 is 14.2 Å². The first-order chi connectivity index (χ1) is 13.1. The van der Waals surface area contributed by atoms with E-state index in [1.807, 2.05) is 31.3 Å². The Labute approximate surface area is 160 Å². The van der Waals surface area contributed by atoms with Crippen LogP contribution in [0.1, 0.15) is 17.1 Å². The number of hydrogen-bond donors (Lipinski definition) is 0. The van der Waals surface area contributed by atoms with Gasteiger partial charge < -0.3 is 14.2 Å². The lowest BCUT2D eigenvalue weighted by atomic mass is 10.1. The van der Waals surface area contributed by atoms with Gasteiger partial charge in [0.15, 0.2) is 11.5 Å². The summed E-state index contributed by atoms with van der Waals surface area (Å²) < 4.78 is 16.3. The number of piperazine rings is 1. The highest BCUT2D eigenvalue weighted by molar-refractivity contribution is 5.53. The van der Waals surface area contributed by atoms with Crippen LogP contribution in [0.3, 0.4) is 0 Å². The number of benzene rings is 1. The maximum Gasteiger partial charge on any atom is 0.203 e. The molecule has 0 atom stereocenters. The fourth-order valence-electron chi connectivity index (χ4n) is 3.41. The zero-order valence-electron chi connectivity index (χ0n) is 16.6. The molecule has 0 aliphatic carbocycles. The Morgan fingerprint density at radius 3 is 2.00 bits per heavy atom. The van der Waals surface area contributed by atoms with Gasteiger partial charge in [0, 0.05) is 45.5 Å². The van der Waals surface area contributed by atoms with Crippen molar-refractivity contribution in [2.24, 2.45) is 0 Å². The second-order valence-corrected chi connectivity index (χ2v) is 6.68. The van der Waals surface area contributed by atoms with Crippen molar-refractivity contribution in [3.63, 3.8) is 0 Å². The van der Waals surface area contributed by atoms with Crippen molar-refractivity contribution in [3.8, 4) is 17.2 Å². The van der Waals surface area contributed by atoms with Gasteiger partial charge in [0.25, 0.3) is 0 Å². The van der Waals surface area contributed by atoms with Crippen LogP contribution < -0.4 is 14.2 Å². The molecule has 1 fully saturated rings. The summed E-state index contributed by atoms with van der Waals surface area (Å²) in [5, 5.41) is 0. The fraction of sp³-hybridized carbons (Fsp3) is 0.500. The fourth-order valence-corrected chi connectivity index (χ4v) is 3.41. The molecular formula is C20H28N4O3. The Balaban J connectivity index is 1.59. The number of aryl methyl sites for hydroxylation is 1. The average molecular weight is 372 g/mol. The second-order valence-electron chi connectivity index (χ2n) is 6.68. The highest BCUT2D eigenvalue weighted by Gasteiger charge is 2.19. The molecule has 0 spiro atoms. The van der Waals surface area contributed by atoms with Crippen LogP contribution in [0, 0.1) is 6.92 Å². The Morgan fingerprint density at radius 1 is 0.889 bits per heavy atom. The van der Waals surface area contributed by atoms with Gasteiger partial charge >= 0.3 is 0 Å². The molecular weight excluding hydrogens is 344 g/mol. The predicted octanol–water partition coefficient (Wildman–Crippen LogP) is 2.13. The third kappa shape index (κ3) is 4.87. The normalized spacial score (nSPS) is 15.6. The van der Waals surface area contributed by atoms with Crippen molar-refractivity contribution in [1.82, 2.24) is 19.8 Å². The van der Waals surface area contributed by atoms with E-state index in [-0.39, 0.29) is 0 Å². The monoisotopic (exact) mass is 372 g/mol. The Kier molecular flexibility index (Phi) is 6.47. The van der Waals surface area contributed by atoms with Crippen molar-refractivity contribution >= 4 is 0 Å². The van der Waals surface area contributed by atoms with Gasteiger partial charge in [0.2, 0.25) is 5.75 Å². The first kappa shape index (κ1) is 19.4. The smallest absolute Gasteiger partial charge is 0.203 e. The van der Waals surface area contributed by atoms with E-state index in [1.54, 1.807) is 21.3 Å². The van der Waals surface area contributed by atoms with E-state index >= 15 is 0 Å². The van der Waals surface area contributed by atoms with Crippen LogP contribution in [-0.4, -0.2) is 67.3 Å². The SMILES string of the molecule is COc1cc(CN2CCN(Cc3ccnc(C)n3)CC2)cc(OC)c1OC. The summed E-state index contributed by atoms with van der Waals surface area (Å²) in [6.07, 6.45) is 1.83. The Morgan fingerprint density at radius 2 is 1.48 bits per heavy atom. The average Bonchev–Trinajstić information content (AvgIpc) is 2.68. The summed E-state index contributed by atoms with van der Waals surface area (Å²) in [4.78, 5) is 13.6. The van der Waals surface area contributed by atoms with Gasteiger partial charge in [0.05, 0.1) is 27.0 Å². The molecule has 0 radical (unpaired) electrons. The predicted molar refractivity (Wildman–Crippen MR) is 103 cm³/mol. The molecule has 0 unspecified atom stereocenters. The van der Waals surface area contributed by atoms with E-state index in [4.69, 9.17) is 14.2 Å². The minimum absolute atomic E-state index is 0.633. The highest BCUT2D eigenvalue weighted by atomic mass is 16.5. The maximum absolute atomic E-state index is 5.46. The van der Waals surface area contributed by atoms with Crippen LogP contribution in [0.4, 0.5) is 0 Å². The lowest BCUT2D eigenvalue weighted by molar-refractivity contribution is 0.121. The third-order valence-corrected chi connectivity index (χ3v) is 4.81. The summed E-state index contributed by atoms with van der Waals surface area (Å²) in [6.45, 7) is 7.74. The molecule has 3 rings (SSSR count). The van der Waals surface area contributed by atoms with Gasteiger partial charge in [-0.15, -0.1) is 0 Å². The Hall–Kier alpha value is -2.38. The lowest BCUT2D eigenvalue weighted by Crippen LogP contribution is -2.45. The van der Waals surface area contributed by atoms with Crippen LogP contribution >= 0.6 is 0 Å². The maximum atomic E-state index is 5.46. The molecule has 7 nitrogen and oxygen atoms in total. The highest BCUT2D eigenvalue weighted by Crippen LogP contribution is 2.38. The molecule has 1 aliphatic heterocycles. The molecule has 2 aromatic rings. The molecule has 2 heterocycles. The topological polar surface area (TPSA) is 60.0 Å². The third-order valence-electron chi connectivity index (χ3n) is 4.81. The van der Waals surface area contributed by atoms with Gasteiger partial charge in [-0.25, -0.2) is 9.97 Å². The molecule has 1 aromatic heterocycles. The summed E-state index contributed by atoms with van der Waals surface area (Å²) >= 11 is 0. The summed E-state index contributed by atoms with van der Waals surface area (Å²) in [5.41, 5.74) is 2.24. The number of rotatable bonds is 7. The van der Waals surface area contributed by atoms with Crippen molar-refractivity contribution in [2.45, 2.75) is 20.0 Å². The van der Waals surface area contributed by atoms with E-state index in [0.29, 0.717) is 17.2 Å². The molecule has 1 saturated heterocycles. The van der Waals surface area contributed by atoms with Crippen LogP contribution in [0.15, 0.2) is 24.4 Å². The van der Waals surface area contributed by atoms with Gasteiger partial charge in [-0.2, -0.15) is 0 Å². The molecule has 0 amide bonds. The van der Waals surface area contributed by atoms with Gasteiger partial charge in [-0.3, -0.25) is 9.80 Å². The van der Waals surface area contributed by atoms with Gasteiger partial charge in [-0.05, 0) is 30.7 Å². The number of hydrogen-bond acceptors (Lipinski definition) is 7. The number of nitrogens with zero attached hydrogens (tertiary/aromatic N) is 4. The molecule has 1 aliphatic rings. The molecule has 7 heteroatoms. The van der Waals surface area contributed by atoms with Crippen LogP contribution in [0.2, 0.25) is 0 Å². The summed E-state index contributed by atoms with van der Waals surface area (Å²) in [7, 11) is 4.92. The lowest BCUT2D eigenvalue weighted by Gasteiger charge is -2.34. The van der Waals surface area contributed by atoms with E-state index in [0.717, 1.165) is 56.4 Å². The standard InChI is InChI=1S/C20H28N4O3/c1-15-21-6-5-17(22-15)14-24-9-7-23(8-10-24)13-16-11-18(25-2)20(27-4)19(12-16)26-3/h5-6,11-12H,7-10,13-14H2,1-4H3. The van der Waals surface area contributed by atoms with Gasteiger partial charge in [-0.1, -0.05) is 0 Å². The van der Waals surface area contributed by atoms with Crippen LogP contribution in [0.25, 0.3) is 0 Å². The van der Waals surface area contributed by atoms with Crippen LogP contribution in [0.5, 0.6) is 17.2 Å². The quantitative estimate of drug-likeness (QED) is 0.738. The van der Waals surface area contributed by atoms with Crippen molar-refractivity contribution in [3.05, 3.63) is 41.5 Å². The van der Waals surface area contributed by atoms with Crippen LogP contribution in [-0.2, 0) is 13.1 Å². The number of ether oxygens (including phenoxy) is 3. The van der Waals surface area contributed by atoms with Crippen molar-refractivity contribution in [1.29, 1.82) is 0 Å². The molecule has 146 valence electrons. The first-order valence-electron chi connectivity index (χ1n) is 9.15.